The second-order valence-electron chi connectivity index (χ2n) is 4.86. The van der Waals surface area contributed by atoms with Crippen molar-refractivity contribution >= 4 is 5.91 Å². The number of ether oxygens (including phenoxy) is 1. The Kier molecular flexibility index (Phi) is 3.82. The lowest BCUT2D eigenvalue weighted by molar-refractivity contribution is -0.128. The molecule has 2 fully saturated rings. The average Bonchev–Trinajstić information content (AvgIpc) is 3.04. The number of carbonyl (C=O) groups excluding carboxylic acids is 1. The minimum absolute atomic E-state index is 0.170. The first kappa shape index (κ1) is 11.9. The summed E-state index contributed by atoms with van der Waals surface area (Å²) in [6.07, 6.45) is 4.00. The predicted molar refractivity (Wildman–Crippen MR) is 62.2 cm³/mol. The van der Waals surface area contributed by atoms with Gasteiger partial charge < -0.3 is 15.0 Å². The highest BCUT2D eigenvalue weighted by Gasteiger charge is 2.40. The molecule has 2 unspecified atom stereocenters. The number of nitrogens with zero attached hydrogens (tertiary/aromatic N) is 1. The Labute approximate surface area is 97.3 Å². The van der Waals surface area contributed by atoms with Gasteiger partial charge in [0.1, 0.15) is 0 Å². The molecule has 0 bridgehead atoms. The summed E-state index contributed by atoms with van der Waals surface area (Å²) < 4.78 is 5.72. The SMILES string of the molecule is CCN(C)C(=O)CNC1CCOC1C1CC1. The molecule has 0 aromatic heterocycles. The van der Waals surface area contributed by atoms with E-state index in [9.17, 15) is 4.79 Å². The zero-order valence-electron chi connectivity index (χ0n) is 10.2. The molecule has 2 aliphatic rings. The monoisotopic (exact) mass is 226 g/mol. The second kappa shape index (κ2) is 5.15. The molecule has 2 atom stereocenters. The van der Waals surface area contributed by atoms with Crippen LogP contribution in [0.4, 0.5) is 0 Å². The Hall–Kier alpha value is -0.610. The Morgan fingerprint density at radius 2 is 2.19 bits per heavy atom. The van der Waals surface area contributed by atoms with Crippen LogP contribution in [-0.4, -0.2) is 49.7 Å². The molecule has 4 heteroatoms. The van der Waals surface area contributed by atoms with Crippen LogP contribution in [0.25, 0.3) is 0 Å². The summed E-state index contributed by atoms with van der Waals surface area (Å²) in [5, 5.41) is 3.35. The lowest BCUT2D eigenvalue weighted by Gasteiger charge is -2.21. The van der Waals surface area contributed by atoms with Crippen LogP contribution in [0.2, 0.25) is 0 Å². The quantitative estimate of drug-likeness (QED) is 0.747. The number of rotatable bonds is 5. The van der Waals surface area contributed by atoms with Gasteiger partial charge in [-0.2, -0.15) is 0 Å². The van der Waals surface area contributed by atoms with E-state index in [1.165, 1.54) is 12.8 Å². The van der Waals surface area contributed by atoms with E-state index in [1.807, 2.05) is 14.0 Å². The van der Waals surface area contributed by atoms with Gasteiger partial charge in [0.25, 0.3) is 0 Å². The average molecular weight is 226 g/mol. The lowest BCUT2D eigenvalue weighted by atomic mass is 10.1. The van der Waals surface area contributed by atoms with Crippen molar-refractivity contribution in [3.05, 3.63) is 0 Å². The highest BCUT2D eigenvalue weighted by atomic mass is 16.5. The van der Waals surface area contributed by atoms with Gasteiger partial charge >= 0.3 is 0 Å². The van der Waals surface area contributed by atoms with E-state index < -0.39 is 0 Å². The molecule has 0 aromatic rings. The van der Waals surface area contributed by atoms with E-state index in [1.54, 1.807) is 4.90 Å². The highest BCUT2D eigenvalue weighted by molar-refractivity contribution is 5.77. The minimum Gasteiger partial charge on any atom is -0.376 e. The molecule has 1 saturated carbocycles. The molecule has 1 aliphatic carbocycles. The van der Waals surface area contributed by atoms with Crippen molar-refractivity contribution in [3.8, 4) is 0 Å². The van der Waals surface area contributed by atoms with Crippen molar-refractivity contribution < 1.29 is 9.53 Å². The third-order valence-corrected chi connectivity index (χ3v) is 3.64. The van der Waals surface area contributed by atoms with E-state index in [0.717, 1.165) is 25.5 Å². The summed E-state index contributed by atoms with van der Waals surface area (Å²) in [6.45, 7) is 4.05. The highest BCUT2D eigenvalue weighted by Crippen LogP contribution is 2.38. The maximum atomic E-state index is 11.6. The van der Waals surface area contributed by atoms with E-state index in [-0.39, 0.29) is 5.91 Å². The molecule has 1 amide bonds. The fourth-order valence-electron chi connectivity index (χ4n) is 2.25. The van der Waals surface area contributed by atoms with E-state index in [2.05, 4.69) is 5.32 Å². The molecule has 1 N–H and O–H groups in total. The summed E-state index contributed by atoms with van der Waals surface area (Å²) in [5.74, 6) is 0.919. The first-order chi connectivity index (χ1) is 7.72. The van der Waals surface area contributed by atoms with Crippen molar-refractivity contribution in [1.82, 2.24) is 10.2 Å². The predicted octanol–water partition coefficient (Wildman–Crippen LogP) is 0.622. The Balaban J connectivity index is 1.74. The van der Waals surface area contributed by atoms with Crippen molar-refractivity contribution in [2.75, 3.05) is 26.7 Å². The summed E-state index contributed by atoms with van der Waals surface area (Å²) in [7, 11) is 1.84. The van der Waals surface area contributed by atoms with Gasteiger partial charge in [-0.3, -0.25) is 4.79 Å². The van der Waals surface area contributed by atoms with E-state index >= 15 is 0 Å². The van der Waals surface area contributed by atoms with Crippen LogP contribution in [0.3, 0.4) is 0 Å². The first-order valence-corrected chi connectivity index (χ1v) is 6.31. The molecule has 0 spiro atoms. The molecule has 2 rings (SSSR count). The fourth-order valence-corrected chi connectivity index (χ4v) is 2.25. The van der Waals surface area contributed by atoms with Gasteiger partial charge in [0, 0.05) is 26.2 Å². The Morgan fingerprint density at radius 1 is 1.44 bits per heavy atom. The zero-order valence-corrected chi connectivity index (χ0v) is 10.2. The summed E-state index contributed by atoms with van der Waals surface area (Å²) in [4.78, 5) is 13.4. The van der Waals surface area contributed by atoms with Crippen LogP contribution >= 0.6 is 0 Å². The maximum absolute atomic E-state index is 11.6. The molecule has 1 aliphatic heterocycles. The van der Waals surface area contributed by atoms with Gasteiger partial charge in [-0.1, -0.05) is 0 Å². The Morgan fingerprint density at radius 3 is 2.81 bits per heavy atom. The molecule has 4 nitrogen and oxygen atoms in total. The van der Waals surface area contributed by atoms with Crippen molar-refractivity contribution in [2.24, 2.45) is 5.92 Å². The largest absolute Gasteiger partial charge is 0.376 e. The van der Waals surface area contributed by atoms with Gasteiger partial charge in [-0.05, 0) is 32.1 Å². The van der Waals surface area contributed by atoms with E-state index in [0.29, 0.717) is 18.7 Å². The fraction of sp³-hybridized carbons (Fsp3) is 0.917. The molecule has 92 valence electrons. The normalized spacial score (nSPS) is 29.4. The van der Waals surface area contributed by atoms with Crippen LogP contribution < -0.4 is 5.32 Å². The molecule has 1 heterocycles. The number of hydrogen-bond donors (Lipinski definition) is 1. The van der Waals surface area contributed by atoms with E-state index in [4.69, 9.17) is 4.74 Å². The summed E-state index contributed by atoms with van der Waals surface area (Å²) >= 11 is 0. The topological polar surface area (TPSA) is 41.6 Å². The molecule has 0 aromatic carbocycles. The van der Waals surface area contributed by atoms with Crippen LogP contribution in [0.1, 0.15) is 26.2 Å². The number of carbonyl (C=O) groups is 1. The molecular weight excluding hydrogens is 204 g/mol. The second-order valence-corrected chi connectivity index (χ2v) is 4.86. The van der Waals surface area contributed by atoms with Gasteiger partial charge in [0.2, 0.25) is 5.91 Å². The number of hydrogen-bond acceptors (Lipinski definition) is 3. The van der Waals surface area contributed by atoms with Gasteiger partial charge in [-0.25, -0.2) is 0 Å². The van der Waals surface area contributed by atoms with Crippen molar-refractivity contribution in [2.45, 2.75) is 38.3 Å². The maximum Gasteiger partial charge on any atom is 0.236 e. The third-order valence-electron chi connectivity index (χ3n) is 3.64. The van der Waals surface area contributed by atoms with Crippen LogP contribution in [0, 0.1) is 5.92 Å². The molecular formula is C12H22N2O2. The molecule has 1 saturated heterocycles. The Bertz CT molecular complexity index is 253. The summed E-state index contributed by atoms with van der Waals surface area (Å²) in [6, 6.07) is 0.390. The molecule has 16 heavy (non-hydrogen) atoms. The zero-order chi connectivity index (χ0) is 11.5. The van der Waals surface area contributed by atoms with Crippen LogP contribution in [-0.2, 0) is 9.53 Å². The van der Waals surface area contributed by atoms with Gasteiger partial charge in [-0.15, -0.1) is 0 Å². The lowest BCUT2D eigenvalue weighted by Crippen LogP contribution is -2.43. The van der Waals surface area contributed by atoms with Crippen molar-refractivity contribution in [1.29, 1.82) is 0 Å². The van der Waals surface area contributed by atoms with Crippen LogP contribution in [0.5, 0.6) is 0 Å². The minimum atomic E-state index is 0.170. The smallest absolute Gasteiger partial charge is 0.236 e. The number of likely N-dealkylation sites (N-methyl/N-ethyl adjacent to an activating group) is 1. The van der Waals surface area contributed by atoms with Crippen LogP contribution in [0.15, 0.2) is 0 Å². The summed E-state index contributed by atoms with van der Waals surface area (Å²) in [5.41, 5.74) is 0. The van der Waals surface area contributed by atoms with Gasteiger partial charge in [0.05, 0.1) is 12.6 Å². The third kappa shape index (κ3) is 2.74. The number of nitrogens with one attached hydrogen (secondary N) is 1. The standard InChI is InChI=1S/C12H22N2O2/c1-3-14(2)11(15)8-13-10-6-7-16-12(10)9-4-5-9/h9-10,12-13H,3-8H2,1-2H3. The van der Waals surface area contributed by atoms with Gasteiger partial charge in [0.15, 0.2) is 0 Å². The first-order valence-electron chi connectivity index (χ1n) is 6.31. The molecule has 0 radical (unpaired) electrons. The van der Waals surface area contributed by atoms with Crippen molar-refractivity contribution in [3.63, 3.8) is 0 Å². The number of amides is 1.